The van der Waals surface area contributed by atoms with E-state index in [4.69, 9.17) is 9.26 Å². The number of rotatable bonds is 5. The van der Waals surface area contributed by atoms with Crippen molar-refractivity contribution >= 4 is 11.6 Å². The Kier molecular flexibility index (Phi) is 4.74. The van der Waals surface area contributed by atoms with Gasteiger partial charge in [-0.25, -0.2) is 4.39 Å². The molecule has 128 valence electrons. The van der Waals surface area contributed by atoms with Crippen LogP contribution in [0.5, 0.6) is 5.75 Å². The van der Waals surface area contributed by atoms with Crippen LogP contribution in [0.3, 0.4) is 0 Å². The first-order chi connectivity index (χ1) is 12.1. The van der Waals surface area contributed by atoms with Crippen molar-refractivity contribution in [3.63, 3.8) is 0 Å². The Hall–Kier alpha value is -3.22. The maximum absolute atomic E-state index is 13.9. The van der Waals surface area contributed by atoms with Crippen LogP contribution in [0.1, 0.15) is 22.1 Å². The van der Waals surface area contributed by atoms with Crippen molar-refractivity contribution in [3.8, 4) is 5.75 Å². The zero-order valence-corrected chi connectivity index (χ0v) is 13.8. The van der Waals surface area contributed by atoms with Gasteiger partial charge < -0.3 is 14.2 Å². The van der Waals surface area contributed by atoms with E-state index in [1.54, 1.807) is 49.4 Å². The molecule has 1 heterocycles. The summed E-state index contributed by atoms with van der Waals surface area (Å²) in [6.45, 7) is 1.74. The summed E-state index contributed by atoms with van der Waals surface area (Å²) in [5, 5.41) is 3.74. The van der Waals surface area contributed by atoms with Crippen molar-refractivity contribution in [1.82, 2.24) is 10.1 Å². The van der Waals surface area contributed by atoms with Gasteiger partial charge in [0.1, 0.15) is 11.6 Å². The fourth-order valence-corrected chi connectivity index (χ4v) is 2.33. The molecule has 0 N–H and O–H groups in total. The van der Waals surface area contributed by atoms with Gasteiger partial charge in [0, 0.05) is 14.0 Å². The lowest BCUT2D eigenvalue weighted by atomic mass is 10.1. The van der Waals surface area contributed by atoms with Crippen molar-refractivity contribution in [2.24, 2.45) is 0 Å². The summed E-state index contributed by atoms with van der Waals surface area (Å²) in [5.74, 6) is 0.312. The number of anilines is 1. The second kappa shape index (κ2) is 7.12. The average Bonchev–Trinajstić information content (AvgIpc) is 3.05. The number of carbonyl (C=O) groups excluding carboxylic acids is 1. The van der Waals surface area contributed by atoms with Gasteiger partial charge in [-0.1, -0.05) is 29.4 Å². The lowest BCUT2D eigenvalue weighted by Gasteiger charge is -2.19. The predicted octanol–water partition coefficient (Wildman–Crippen LogP) is 3.37. The topological polar surface area (TPSA) is 68.5 Å². The first-order valence-corrected chi connectivity index (χ1v) is 7.60. The first kappa shape index (κ1) is 16.6. The van der Waals surface area contributed by atoms with Gasteiger partial charge in [-0.15, -0.1) is 0 Å². The van der Waals surface area contributed by atoms with Crippen LogP contribution in [0.2, 0.25) is 0 Å². The number of aryl methyl sites for hydroxylation is 1. The number of benzene rings is 2. The highest BCUT2D eigenvalue weighted by molar-refractivity contribution is 6.07. The van der Waals surface area contributed by atoms with Crippen molar-refractivity contribution < 1.29 is 18.4 Å². The molecule has 3 aromatic rings. The Labute approximate surface area is 143 Å². The maximum Gasteiger partial charge on any atom is 0.261 e. The van der Waals surface area contributed by atoms with Crippen LogP contribution >= 0.6 is 0 Å². The fraction of sp³-hybridized carbons (Fsp3) is 0.167. The van der Waals surface area contributed by atoms with Crippen LogP contribution in [0, 0.1) is 12.7 Å². The molecule has 0 atom stereocenters. The van der Waals surface area contributed by atoms with E-state index in [0.29, 0.717) is 23.0 Å². The van der Waals surface area contributed by atoms with Crippen LogP contribution in [0.15, 0.2) is 53.1 Å². The summed E-state index contributed by atoms with van der Waals surface area (Å²) in [6.07, 6.45) is 0. The lowest BCUT2D eigenvalue weighted by Crippen LogP contribution is -2.27. The molecule has 0 spiro atoms. The summed E-state index contributed by atoms with van der Waals surface area (Å²) in [7, 11) is 1.51. The largest absolute Gasteiger partial charge is 0.485 e. The number of halogens is 1. The van der Waals surface area contributed by atoms with Crippen molar-refractivity contribution in [2.75, 3.05) is 11.9 Å². The molecule has 3 rings (SSSR count). The number of ether oxygens (including phenoxy) is 1. The summed E-state index contributed by atoms with van der Waals surface area (Å²) < 4.78 is 24.5. The van der Waals surface area contributed by atoms with Crippen LogP contribution < -0.4 is 9.64 Å². The Morgan fingerprint density at radius 2 is 1.92 bits per heavy atom. The molecule has 25 heavy (non-hydrogen) atoms. The molecule has 2 aromatic carbocycles. The Balaban J connectivity index is 1.82. The number of hydrogen-bond acceptors (Lipinski definition) is 5. The van der Waals surface area contributed by atoms with Crippen LogP contribution in [-0.4, -0.2) is 23.1 Å². The van der Waals surface area contributed by atoms with Gasteiger partial charge in [-0.05, 0) is 24.3 Å². The first-order valence-electron chi connectivity index (χ1n) is 7.60. The SMILES string of the molecule is Cc1nc(COc2ccccc2C(=O)N(C)c2ccccc2F)no1. The van der Waals surface area contributed by atoms with Gasteiger partial charge in [-0.3, -0.25) is 4.79 Å². The maximum atomic E-state index is 13.9. The highest BCUT2D eigenvalue weighted by Crippen LogP contribution is 2.24. The Bertz CT molecular complexity index is 895. The van der Waals surface area contributed by atoms with Gasteiger partial charge in [0.2, 0.25) is 11.7 Å². The summed E-state index contributed by atoms with van der Waals surface area (Å²) in [4.78, 5) is 18.1. The van der Waals surface area contributed by atoms with E-state index in [0.717, 1.165) is 0 Å². The predicted molar refractivity (Wildman–Crippen MR) is 88.9 cm³/mol. The molecule has 0 unspecified atom stereocenters. The monoisotopic (exact) mass is 341 g/mol. The van der Waals surface area contributed by atoms with Gasteiger partial charge in [0.05, 0.1) is 11.3 Å². The molecule has 0 bridgehead atoms. The third kappa shape index (κ3) is 3.65. The molecular weight excluding hydrogens is 325 g/mol. The Morgan fingerprint density at radius 1 is 1.20 bits per heavy atom. The van der Waals surface area contributed by atoms with Crippen LogP contribution in [0.25, 0.3) is 0 Å². The van der Waals surface area contributed by atoms with Gasteiger partial charge in [0.25, 0.3) is 5.91 Å². The van der Waals surface area contributed by atoms with E-state index in [-0.39, 0.29) is 18.2 Å². The molecule has 0 saturated carbocycles. The van der Waals surface area contributed by atoms with E-state index in [9.17, 15) is 9.18 Å². The van der Waals surface area contributed by atoms with Crippen molar-refractivity contribution in [2.45, 2.75) is 13.5 Å². The number of amides is 1. The van der Waals surface area contributed by atoms with Crippen molar-refractivity contribution in [1.29, 1.82) is 0 Å². The van der Waals surface area contributed by atoms with E-state index < -0.39 is 5.82 Å². The molecule has 0 radical (unpaired) electrons. The molecule has 0 aliphatic rings. The smallest absolute Gasteiger partial charge is 0.261 e. The quantitative estimate of drug-likeness (QED) is 0.712. The standard InChI is InChI=1S/C18H16FN3O3/c1-12-20-17(21-25-12)11-24-16-10-6-3-7-13(16)18(23)22(2)15-9-5-4-8-14(15)19/h3-10H,11H2,1-2H3. The number of aromatic nitrogens is 2. The number of para-hydroxylation sites is 2. The lowest BCUT2D eigenvalue weighted by molar-refractivity contribution is 0.0987. The minimum atomic E-state index is -0.473. The fourth-order valence-electron chi connectivity index (χ4n) is 2.33. The third-order valence-corrected chi connectivity index (χ3v) is 3.56. The zero-order chi connectivity index (χ0) is 17.8. The highest BCUT2D eigenvalue weighted by Gasteiger charge is 2.20. The zero-order valence-electron chi connectivity index (χ0n) is 13.8. The van der Waals surface area contributed by atoms with Gasteiger partial charge >= 0.3 is 0 Å². The second-order valence-electron chi connectivity index (χ2n) is 5.33. The minimum Gasteiger partial charge on any atom is -0.485 e. The van der Waals surface area contributed by atoms with E-state index in [2.05, 4.69) is 10.1 Å². The molecule has 6 nitrogen and oxygen atoms in total. The molecule has 1 amide bonds. The molecule has 0 aliphatic heterocycles. The highest BCUT2D eigenvalue weighted by atomic mass is 19.1. The number of nitrogens with zero attached hydrogens (tertiary/aromatic N) is 3. The van der Waals surface area contributed by atoms with E-state index in [1.807, 2.05) is 0 Å². The molecule has 1 aromatic heterocycles. The van der Waals surface area contributed by atoms with E-state index >= 15 is 0 Å². The van der Waals surface area contributed by atoms with Crippen LogP contribution in [0.4, 0.5) is 10.1 Å². The molecule has 0 aliphatic carbocycles. The summed E-state index contributed by atoms with van der Waals surface area (Å²) in [5.41, 5.74) is 0.504. The normalized spacial score (nSPS) is 10.5. The number of carbonyl (C=O) groups is 1. The number of hydrogen-bond donors (Lipinski definition) is 0. The average molecular weight is 341 g/mol. The summed E-state index contributed by atoms with van der Waals surface area (Å²) >= 11 is 0. The van der Waals surface area contributed by atoms with Gasteiger partial charge in [-0.2, -0.15) is 4.98 Å². The molecular formula is C18H16FN3O3. The second-order valence-corrected chi connectivity index (χ2v) is 5.33. The van der Waals surface area contributed by atoms with Crippen molar-refractivity contribution in [3.05, 3.63) is 71.6 Å². The van der Waals surface area contributed by atoms with Crippen LogP contribution in [-0.2, 0) is 6.61 Å². The summed E-state index contributed by atoms with van der Waals surface area (Å²) in [6, 6.07) is 12.8. The minimum absolute atomic E-state index is 0.0606. The van der Waals surface area contributed by atoms with Gasteiger partial charge in [0.15, 0.2) is 6.61 Å². The van der Waals surface area contributed by atoms with E-state index in [1.165, 1.54) is 18.0 Å². The third-order valence-electron chi connectivity index (χ3n) is 3.56. The Morgan fingerprint density at radius 3 is 2.64 bits per heavy atom. The molecule has 0 saturated heterocycles. The molecule has 0 fully saturated rings. The molecule has 7 heteroatoms.